The number of aromatic nitrogens is 2. The van der Waals surface area contributed by atoms with Gasteiger partial charge in [-0.05, 0) is 104 Å². The van der Waals surface area contributed by atoms with Crippen molar-refractivity contribution in [3.05, 3.63) is 29.9 Å². The summed E-state index contributed by atoms with van der Waals surface area (Å²) < 4.78 is 1.86. The Morgan fingerprint density at radius 2 is 1.71 bits per heavy atom. The van der Waals surface area contributed by atoms with Gasteiger partial charge in [-0.15, -0.1) is 0 Å². The van der Waals surface area contributed by atoms with Gasteiger partial charge in [-0.25, -0.2) is 4.98 Å². The summed E-state index contributed by atoms with van der Waals surface area (Å²) in [5, 5.41) is 0. The number of imidazole rings is 1. The Balaban J connectivity index is 1.46. The Morgan fingerprint density at radius 3 is 2.39 bits per heavy atom. The highest BCUT2D eigenvalue weighted by atomic mass is 16.2. The third kappa shape index (κ3) is 3.07. The molecule has 4 nitrogen and oxygen atoms in total. The van der Waals surface area contributed by atoms with Crippen LogP contribution in [0.4, 0.5) is 0 Å². The van der Waals surface area contributed by atoms with Crippen molar-refractivity contribution in [3.63, 3.8) is 0 Å². The predicted octanol–water partition coefficient (Wildman–Crippen LogP) is 8.06. The van der Waals surface area contributed by atoms with Gasteiger partial charge < -0.3 is 0 Å². The molecule has 0 N–H and O–H groups in total. The van der Waals surface area contributed by atoms with Crippen molar-refractivity contribution in [1.29, 1.82) is 0 Å². The summed E-state index contributed by atoms with van der Waals surface area (Å²) in [6.07, 6.45) is 15.7. The van der Waals surface area contributed by atoms with E-state index in [4.69, 9.17) is 0 Å². The molecular formula is C34H50N2O2. The summed E-state index contributed by atoms with van der Waals surface area (Å²) in [7, 11) is 0. The van der Waals surface area contributed by atoms with Crippen LogP contribution in [0.15, 0.2) is 24.0 Å². The van der Waals surface area contributed by atoms with Crippen LogP contribution in [0.2, 0.25) is 0 Å². The first-order chi connectivity index (χ1) is 17.7. The molecule has 5 aliphatic rings. The fraction of sp³-hybridized carbons (Fsp3) is 0.794. The summed E-state index contributed by atoms with van der Waals surface area (Å²) in [6.45, 7) is 19.0. The van der Waals surface area contributed by atoms with Crippen molar-refractivity contribution >= 4 is 11.7 Å². The lowest BCUT2D eigenvalue weighted by Gasteiger charge is -2.71. The second-order valence-corrected chi connectivity index (χ2v) is 15.6. The standard InChI is InChI=1S/C34H50N2O2/c1-21-11-16-34(29(38)36-20-19-35-23(36)3)18-17-32(7)24(28(34)22(21)2)9-10-26-31(6)14-13-27(37)30(4,5)25(31)12-15-33(26,32)8/h9,19-22,25-26,28H,10-18H2,1-8H3/t21-,22+,25+,26-,28+,31+,32-,33-,34+/m1/s1. The van der Waals surface area contributed by atoms with Crippen LogP contribution in [0.1, 0.15) is 117 Å². The minimum absolute atomic E-state index is 0.0965. The van der Waals surface area contributed by atoms with Gasteiger partial charge >= 0.3 is 0 Å². The molecule has 208 valence electrons. The van der Waals surface area contributed by atoms with Crippen molar-refractivity contribution in [2.45, 2.75) is 113 Å². The van der Waals surface area contributed by atoms with Crippen LogP contribution in [-0.4, -0.2) is 21.2 Å². The maximum absolute atomic E-state index is 14.4. The smallest absolute Gasteiger partial charge is 0.238 e. The molecule has 0 radical (unpaired) electrons. The van der Waals surface area contributed by atoms with Crippen molar-refractivity contribution in [1.82, 2.24) is 9.55 Å². The molecular weight excluding hydrogens is 468 g/mol. The van der Waals surface area contributed by atoms with E-state index in [1.54, 1.807) is 11.8 Å². The SMILES string of the molecule is Cc1nccn1C(=O)[C@]12CC[C@@H](C)[C@H](C)[C@H]1C1=CC[C@@H]3[C@@]4(C)CCC(=O)C(C)(C)[C@@H]4CC[C@@]3(C)[C@]1(C)CC2. The molecule has 5 aliphatic carbocycles. The van der Waals surface area contributed by atoms with Gasteiger partial charge in [-0.1, -0.05) is 60.1 Å². The van der Waals surface area contributed by atoms with E-state index < -0.39 is 0 Å². The minimum Gasteiger partial charge on any atom is -0.299 e. The molecule has 0 spiro atoms. The van der Waals surface area contributed by atoms with Crippen molar-refractivity contribution < 1.29 is 9.59 Å². The number of nitrogens with zero attached hydrogens (tertiary/aromatic N) is 2. The third-order valence-corrected chi connectivity index (χ3v) is 14.2. The first-order valence-corrected chi connectivity index (χ1v) is 15.5. The Kier molecular flexibility index (Phi) is 5.70. The second kappa shape index (κ2) is 8.16. The molecule has 0 bridgehead atoms. The van der Waals surface area contributed by atoms with E-state index in [9.17, 15) is 9.59 Å². The van der Waals surface area contributed by atoms with E-state index in [2.05, 4.69) is 59.5 Å². The molecule has 38 heavy (non-hydrogen) atoms. The Morgan fingerprint density at radius 1 is 0.974 bits per heavy atom. The maximum atomic E-state index is 14.4. The monoisotopic (exact) mass is 518 g/mol. The summed E-state index contributed by atoms with van der Waals surface area (Å²) in [6, 6.07) is 0. The van der Waals surface area contributed by atoms with E-state index in [0.717, 1.165) is 57.2 Å². The lowest BCUT2D eigenvalue weighted by molar-refractivity contribution is -0.184. The normalized spacial score (nSPS) is 47.7. The third-order valence-electron chi connectivity index (χ3n) is 14.2. The van der Waals surface area contributed by atoms with Crippen LogP contribution in [-0.2, 0) is 4.79 Å². The van der Waals surface area contributed by atoms with Crippen LogP contribution in [0, 0.1) is 63.6 Å². The maximum Gasteiger partial charge on any atom is 0.238 e. The molecule has 9 atom stereocenters. The quantitative estimate of drug-likeness (QED) is 0.353. The number of carbonyl (C=O) groups excluding carboxylic acids is 2. The van der Waals surface area contributed by atoms with Gasteiger partial charge in [-0.2, -0.15) is 0 Å². The Hall–Kier alpha value is -1.71. The fourth-order valence-electron chi connectivity index (χ4n) is 11.5. The average molecular weight is 519 g/mol. The van der Waals surface area contributed by atoms with Gasteiger partial charge in [0.25, 0.3) is 0 Å². The van der Waals surface area contributed by atoms with Crippen molar-refractivity contribution in [2.24, 2.45) is 56.7 Å². The van der Waals surface area contributed by atoms with Crippen LogP contribution in [0.3, 0.4) is 0 Å². The summed E-state index contributed by atoms with van der Waals surface area (Å²) in [5.74, 6) is 4.04. The molecule has 6 rings (SSSR count). The number of aryl methyl sites for hydroxylation is 1. The summed E-state index contributed by atoms with van der Waals surface area (Å²) in [4.78, 5) is 31.9. The molecule has 0 aromatic carbocycles. The summed E-state index contributed by atoms with van der Waals surface area (Å²) in [5.41, 5.74) is 1.55. The molecule has 4 saturated carbocycles. The number of ketones is 1. The lowest BCUT2D eigenvalue weighted by atomic mass is 9.33. The van der Waals surface area contributed by atoms with Gasteiger partial charge in [0.1, 0.15) is 11.6 Å². The molecule has 4 fully saturated rings. The number of carbonyl (C=O) groups is 2. The van der Waals surface area contributed by atoms with E-state index in [1.807, 2.05) is 17.7 Å². The van der Waals surface area contributed by atoms with Crippen LogP contribution in [0.25, 0.3) is 0 Å². The first kappa shape index (κ1) is 26.5. The lowest BCUT2D eigenvalue weighted by Crippen LogP contribution is -2.65. The number of allylic oxidation sites excluding steroid dienone is 2. The largest absolute Gasteiger partial charge is 0.299 e. The molecule has 1 heterocycles. The fourth-order valence-corrected chi connectivity index (χ4v) is 11.5. The molecule has 0 aliphatic heterocycles. The van der Waals surface area contributed by atoms with Crippen molar-refractivity contribution in [3.8, 4) is 0 Å². The second-order valence-electron chi connectivity index (χ2n) is 15.6. The zero-order valence-corrected chi connectivity index (χ0v) is 25.2. The topological polar surface area (TPSA) is 52.0 Å². The minimum atomic E-state index is -0.327. The number of Topliss-reactive ketones (excluding diaryl/α,β-unsaturated/α-hetero) is 1. The average Bonchev–Trinajstić information content (AvgIpc) is 3.29. The highest BCUT2D eigenvalue weighted by molar-refractivity contribution is 5.87. The number of hydrogen-bond acceptors (Lipinski definition) is 3. The van der Waals surface area contributed by atoms with E-state index in [0.29, 0.717) is 35.4 Å². The van der Waals surface area contributed by atoms with E-state index in [-0.39, 0.29) is 33.0 Å². The molecule has 0 unspecified atom stereocenters. The van der Waals surface area contributed by atoms with Gasteiger partial charge in [0.15, 0.2) is 0 Å². The molecule has 1 aromatic rings. The number of fused-ring (bicyclic) bond motifs is 7. The molecule has 0 amide bonds. The van der Waals surface area contributed by atoms with Gasteiger partial charge in [0.05, 0.1) is 5.41 Å². The van der Waals surface area contributed by atoms with Crippen molar-refractivity contribution in [2.75, 3.05) is 0 Å². The zero-order chi connectivity index (χ0) is 27.5. The molecule has 1 aromatic heterocycles. The predicted molar refractivity (Wildman–Crippen MR) is 152 cm³/mol. The van der Waals surface area contributed by atoms with Gasteiger partial charge in [0.2, 0.25) is 5.91 Å². The highest BCUT2D eigenvalue weighted by Gasteiger charge is 2.69. The number of hydrogen-bond donors (Lipinski definition) is 0. The van der Waals surface area contributed by atoms with Crippen LogP contribution < -0.4 is 0 Å². The van der Waals surface area contributed by atoms with E-state index in [1.165, 1.54) is 6.42 Å². The van der Waals surface area contributed by atoms with E-state index >= 15 is 0 Å². The Bertz CT molecular complexity index is 1210. The molecule has 0 saturated heterocycles. The number of rotatable bonds is 1. The summed E-state index contributed by atoms with van der Waals surface area (Å²) >= 11 is 0. The first-order valence-electron chi connectivity index (χ1n) is 15.5. The van der Waals surface area contributed by atoms with Crippen LogP contribution >= 0.6 is 0 Å². The highest BCUT2D eigenvalue weighted by Crippen LogP contribution is 2.75. The van der Waals surface area contributed by atoms with Gasteiger partial charge in [0, 0.05) is 24.2 Å². The van der Waals surface area contributed by atoms with Gasteiger partial charge in [-0.3, -0.25) is 14.2 Å². The zero-order valence-electron chi connectivity index (χ0n) is 25.2. The van der Waals surface area contributed by atoms with Crippen LogP contribution in [0.5, 0.6) is 0 Å². The Labute approximate surface area is 230 Å². The molecule has 4 heteroatoms.